The molecule has 0 N–H and O–H groups in total. The van der Waals surface area contributed by atoms with Crippen LogP contribution in [0, 0.1) is 6.92 Å². The molecule has 0 aromatic heterocycles. The molecule has 0 aliphatic heterocycles. The Morgan fingerprint density at radius 1 is 1.10 bits per heavy atom. The molecule has 0 amide bonds. The van der Waals surface area contributed by atoms with Crippen molar-refractivity contribution in [2.24, 2.45) is 0 Å². The van der Waals surface area contributed by atoms with Gasteiger partial charge in [-0.3, -0.25) is 0 Å². The zero-order valence-corrected chi connectivity index (χ0v) is 15.2. The molecule has 1 unspecified atom stereocenters. The van der Waals surface area contributed by atoms with E-state index in [4.69, 9.17) is 0 Å². The first kappa shape index (κ1) is 17.9. The molecule has 1 heteroatoms. The maximum absolute atomic E-state index is 3.89. The minimum absolute atomic E-state index is 0.966. The van der Waals surface area contributed by atoms with Crippen molar-refractivity contribution in [3.05, 3.63) is 64.3 Å². The molecule has 0 aliphatic rings. The predicted octanol–water partition coefficient (Wildman–Crippen LogP) is 5.90. The van der Waals surface area contributed by atoms with Gasteiger partial charge in [0.05, 0.1) is 0 Å². The lowest BCUT2D eigenvalue weighted by Gasteiger charge is -2.11. The van der Waals surface area contributed by atoms with Gasteiger partial charge in [0.25, 0.3) is 0 Å². The van der Waals surface area contributed by atoms with Gasteiger partial charge in [-0.05, 0) is 65.7 Å². The third-order valence-electron chi connectivity index (χ3n) is 4.04. The van der Waals surface area contributed by atoms with E-state index in [-0.39, 0.29) is 0 Å². The summed E-state index contributed by atoms with van der Waals surface area (Å²) < 4.78 is 0. The summed E-state index contributed by atoms with van der Waals surface area (Å²) >= 11 is 0. The highest BCUT2D eigenvalue weighted by molar-refractivity contribution is 7.16. The highest BCUT2D eigenvalue weighted by Gasteiger charge is 2.04. The molecule has 0 heterocycles. The molecule has 0 fully saturated rings. The molecule has 114 valence electrons. The minimum Gasteiger partial charge on any atom is -0.133 e. The first-order valence-electron chi connectivity index (χ1n) is 7.95. The van der Waals surface area contributed by atoms with E-state index in [0.717, 1.165) is 25.4 Å². The van der Waals surface area contributed by atoms with Gasteiger partial charge in [-0.1, -0.05) is 57.7 Å². The number of hydrogen-bond acceptors (Lipinski definition) is 0. The molecule has 1 rings (SSSR count). The SMILES string of the molecule is C=C/C(=C\C(=Cc1cc(CC)c(C)c(CC)c1)CP)CC. The summed E-state index contributed by atoms with van der Waals surface area (Å²) in [5.41, 5.74) is 8.34. The van der Waals surface area contributed by atoms with Crippen molar-refractivity contribution in [1.82, 2.24) is 0 Å². The summed E-state index contributed by atoms with van der Waals surface area (Å²) in [6.07, 6.45) is 10.7. The second-order valence-corrected chi connectivity index (χ2v) is 5.78. The molecule has 0 nitrogen and oxygen atoms in total. The predicted molar refractivity (Wildman–Crippen MR) is 101 cm³/mol. The average molecular weight is 300 g/mol. The molecule has 0 saturated heterocycles. The molecular weight excluding hydrogens is 271 g/mol. The molecule has 0 bridgehead atoms. The van der Waals surface area contributed by atoms with Crippen LogP contribution in [0.5, 0.6) is 0 Å². The van der Waals surface area contributed by atoms with Crippen LogP contribution in [0.4, 0.5) is 0 Å². The maximum Gasteiger partial charge on any atom is -0.0128 e. The van der Waals surface area contributed by atoms with Crippen molar-refractivity contribution in [2.45, 2.75) is 47.0 Å². The number of benzene rings is 1. The number of hydrogen-bond donors (Lipinski definition) is 0. The fourth-order valence-electron chi connectivity index (χ4n) is 2.60. The Bertz CT molecular complexity index is 522. The van der Waals surface area contributed by atoms with Gasteiger partial charge in [0.1, 0.15) is 0 Å². The number of allylic oxidation sites excluding steroid dienone is 4. The summed E-state index contributed by atoms with van der Waals surface area (Å²) in [7, 11) is 2.83. The van der Waals surface area contributed by atoms with Gasteiger partial charge in [-0.2, -0.15) is 0 Å². The van der Waals surface area contributed by atoms with E-state index in [1.165, 1.54) is 33.4 Å². The van der Waals surface area contributed by atoms with E-state index < -0.39 is 0 Å². The van der Waals surface area contributed by atoms with Crippen LogP contribution in [0.3, 0.4) is 0 Å². The molecular formula is C20H29P. The van der Waals surface area contributed by atoms with Gasteiger partial charge in [0.2, 0.25) is 0 Å². The summed E-state index contributed by atoms with van der Waals surface area (Å²) in [6, 6.07) is 4.67. The van der Waals surface area contributed by atoms with Crippen LogP contribution >= 0.6 is 9.24 Å². The lowest BCUT2D eigenvalue weighted by Crippen LogP contribution is -1.95. The second kappa shape index (κ2) is 9.00. The topological polar surface area (TPSA) is 0 Å². The summed E-state index contributed by atoms with van der Waals surface area (Å²) in [6.45, 7) is 12.8. The summed E-state index contributed by atoms with van der Waals surface area (Å²) in [5.74, 6) is 0. The van der Waals surface area contributed by atoms with Gasteiger partial charge in [0.15, 0.2) is 0 Å². The highest BCUT2D eigenvalue weighted by atomic mass is 31.0. The third-order valence-corrected chi connectivity index (χ3v) is 4.51. The molecule has 1 aromatic rings. The fraction of sp³-hybridized carbons (Fsp3) is 0.400. The van der Waals surface area contributed by atoms with Crippen LogP contribution in [-0.4, -0.2) is 6.16 Å². The summed E-state index contributed by atoms with van der Waals surface area (Å²) in [4.78, 5) is 0. The lowest BCUT2D eigenvalue weighted by molar-refractivity contribution is 1.04. The van der Waals surface area contributed by atoms with Crippen molar-refractivity contribution < 1.29 is 0 Å². The summed E-state index contributed by atoms with van der Waals surface area (Å²) in [5, 5.41) is 0. The van der Waals surface area contributed by atoms with Gasteiger partial charge < -0.3 is 0 Å². The Morgan fingerprint density at radius 3 is 2.05 bits per heavy atom. The molecule has 21 heavy (non-hydrogen) atoms. The average Bonchev–Trinajstić information content (AvgIpc) is 2.52. The molecule has 0 aliphatic carbocycles. The van der Waals surface area contributed by atoms with Crippen molar-refractivity contribution in [3.8, 4) is 0 Å². The molecule has 0 spiro atoms. The van der Waals surface area contributed by atoms with E-state index in [2.05, 4.69) is 67.8 Å². The van der Waals surface area contributed by atoms with Crippen LogP contribution in [0.25, 0.3) is 6.08 Å². The quantitative estimate of drug-likeness (QED) is 0.434. The zero-order valence-electron chi connectivity index (χ0n) is 14.0. The Kier molecular flexibility index (Phi) is 7.68. The van der Waals surface area contributed by atoms with Gasteiger partial charge in [-0.25, -0.2) is 0 Å². The Labute approximate surface area is 133 Å². The van der Waals surface area contributed by atoms with Gasteiger partial charge >= 0.3 is 0 Å². The van der Waals surface area contributed by atoms with Crippen LogP contribution in [0.1, 0.15) is 49.4 Å². The van der Waals surface area contributed by atoms with Crippen LogP contribution in [0.2, 0.25) is 0 Å². The van der Waals surface area contributed by atoms with Crippen LogP contribution in [0.15, 0.2) is 42.0 Å². The van der Waals surface area contributed by atoms with Crippen LogP contribution in [-0.2, 0) is 12.8 Å². The molecule has 1 aromatic carbocycles. The number of rotatable bonds is 7. The standard InChI is InChI=1S/C20H29P/c1-6-16(7-2)10-18(14-21)11-17-12-19(8-3)15(5)20(9-4)13-17/h6,10-13H,1,7-9,14,21H2,2-5H3/b16-10+,18-11?. The van der Waals surface area contributed by atoms with Gasteiger partial charge in [-0.15, -0.1) is 9.24 Å². The largest absolute Gasteiger partial charge is 0.133 e. The van der Waals surface area contributed by atoms with Crippen molar-refractivity contribution in [3.63, 3.8) is 0 Å². The normalized spacial score (nSPS) is 12.6. The Hall–Kier alpha value is -1.13. The molecule has 0 radical (unpaired) electrons. The monoisotopic (exact) mass is 300 g/mol. The van der Waals surface area contributed by atoms with Crippen molar-refractivity contribution >= 4 is 15.3 Å². The second-order valence-electron chi connectivity index (χ2n) is 5.37. The van der Waals surface area contributed by atoms with E-state index in [1.807, 2.05) is 6.08 Å². The van der Waals surface area contributed by atoms with E-state index in [0.29, 0.717) is 0 Å². The Balaban J connectivity index is 3.28. The molecule has 0 saturated carbocycles. The highest BCUT2D eigenvalue weighted by Crippen LogP contribution is 2.21. The third kappa shape index (κ3) is 4.97. The maximum atomic E-state index is 3.89. The van der Waals surface area contributed by atoms with Gasteiger partial charge in [0, 0.05) is 0 Å². The Morgan fingerprint density at radius 2 is 1.67 bits per heavy atom. The lowest BCUT2D eigenvalue weighted by atomic mass is 9.94. The van der Waals surface area contributed by atoms with Crippen molar-refractivity contribution in [1.29, 1.82) is 0 Å². The fourth-order valence-corrected chi connectivity index (χ4v) is 2.84. The molecule has 1 atom stereocenters. The van der Waals surface area contributed by atoms with E-state index in [1.54, 1.807) is 0 Å². The van der Waals surface area contributed by atoms with Crippen molar-refractivity contribution in [2.75, 3.05) is 6.16 Å². The van der Waals surface area contributed by atoms with E-state index in [9.17, 15) is 0 Å². The van der Waals surface area contributed by atoms with Crippen LogP contribution < -0.4 is 0 Å². The first-order chi connectivity index (χ1) is 10.1. The van der Waals surface area contributed by atoms with E-state index >= 15 is 0 Å². The first-order valence-corrected chi connectivity index (χ1v) is 8.77. The zero-order chi connectivity index (χ0) is 15.8. The number of aryl methyl sites for hydroxylation is 2. The minimum atomic E-state index is 0.966. The smallest absolute Gasteiger partial charge is 0.0128 e.